The largest absolute Gasteiger partial charge is 0.431 e. The maximum atomic E-state index is 12.3. The van der Waals surface area contributed by atoms with Crippen LogP contribution in [0.25, 0.3) is 21.9 Å². The van der Waals surface area contributed by atoms with Gasteiger partial charge >= 0.3 is 0 Å². The minimum absolute atomic E-state index is 0.0207. The van der Waals surface area contributed by atoms with Gasteiger partial charge in [-0.15, -0.1) is 0 Å². The maximum Gasteiger partial charge on any atom is 0.257 e. The normalized spacial score (nSPS) is 11.8. The van der Waals surface area contributed by atoms with E-state index in [1.54, 1.807) is 13.0 Å². The Hall–Kier alpha value is -2.84. The van der Waals surface area contributed by atoms with Crippen LogP contribution in [0.1, 0.15) is 6.92 Å². The van der Waals surface area contributed by atoms with Crippen molar-refractivity contribution < 1.29 is 17.6 Å². The summed E-state index contributed by atoms with van der Waals surface area (Å²) in [6, 6.07) is 18.3. The molecule has 1 amide bonds. The molecule has 3 aromatic carbocycles. The molecule has 0 bridgehead atoms. The average Bonchev–Trinajstić information content (AvgIpc) is 3.14. The molecule has 1 N–H and O–H groups in total. The molecule has 0 unspecified atom stereocenters. The number of aromatic nitrogens is 1. The van der Waals surface area contributed by atoms with Crippen molar-refractivity contribution in [2.75, 3.05) is 16.8 Å². The first-order chi connectivity index (χ1) is 13.9. The second kappa shape index (κ2) is 7.88. The molecule has 0 aliphatic carbocycles. The summed E-state index contributed by atoms with van der Waals surface area (Å²) in [6.07, 6.45) is 0. The molecular formula is C21H18N2O4S2. The number of hydrogen-bond donors (Lipinski definition) is 1. The number of amides is 1. The molecule has 6 nitrogen and oxygen atoms in total. The van der Waals surface area contributed by atoms with Crippen LogP contribution in [0.2, 0.25) is 0 Å². The number of hydrogen-bond acceptors (Lipinski definition) is 6. The SMILES string of the molecule is CCS(=O)(=O)c1ccc2oc(SCC(=O)Nc3ccc4ccccc4c3)nc2c1. The van der Waals surface area contributed by atoms with E-state index < -0.39 is 9.84 Å². The number of oxazole rings is 1. The third-order valence-electron chi connectivity index (χ3n) is 4.44. The van der Waals surface area contributed by atoms with Crippen LogP contribution < -0.4 is 5.32 Å². The zero-order valence-corrected chi connectivity index (χ0v) is 17.2. The van der Waals surface area contributed by atoms with Crippen molar-refractivity contribution in [1.29, 1.82) is 0 Å². The van der Waals surface area contributed by atoms with Crippen molar-refractivity contribution in [3.8, 4) is 0 Å². The molecule has 1 heterocycles. The van der Waals surface area contributed by atoms with Gasteiger partial charge in [0, 0.05) is 5.69 Å². The molecule has 29 heavy (non-hydrogen) atoms. The number of anilines is 1. The number of rotatable bonds is 6. The number of carbonyl (C=O) groups excluding carboxylic acids is 1. The highest BCUT2D eigenvalue weighted by Crippen LogP contribution is 2.26. The third kappa shape index (κ3) is 4.28. The van der Waals surface area contributed by atoms with Gasteiger partial charge in [0.2, 0.25) is 5.91 Å². The van der Waals surface area contributed by atoms with E-state index in [9.17, 15) is 13.2 Å². The van der Waals surface area contributed by atoms with Crippen molar-refractivity contribution in [2.24, 2.45) is 0 Å². The number of fused-ring (bicyclic) bond motifs is 2. The first-order valence-electron chi connectivity index (χ1n) is 8.99. The third-order valence-corrected chi connectivity index (χ3v) is 7.00. The fourth-order valence-electron chi connectivity index (χ4n) is 2.90. The van der Waals surface area contributed by atoms with E-state index in [4.69, 9.17) is 4.42 Å². The molecule has 0 aliphatic rings. The van der Waals surface area contributed by atoms with Gasteiger partial charge in [0.15, 0.2) is 15.4 Å². The Morgan fingerprint density at radius 1 is 1.07 bits per heavy atom. The zero-order valence-electron chi connectivity index (χ0n) is 15.6. The highest BCUT2D eigenvalue weighted by molar-refractivity contribution is 7.99. The Kier molecular flexibility index (Phi) is 5.29. The van der Waals surface area contributed by atoms with Crippen molar-refractivity contribution in [3.05, 3.63) is 60.7 Å². The quantitative estimate of drug-likeness (QED) is 0.457. The summed E-state index contributed by atoms with van der Waals surface area (Å²) in [5.74, 6) is -0.0334. The van der Waals surface area contributed by atoms with Crippen molar-refractivity contribution in [1.82, 2.24) is 4.98 Å². The van der Waals surface area contributed by atoms with E-state index in [0.717, 1.165) is 28.2 Å². The van der Waals surface area contributed by atoms with Crippen LogP contribution in [-0.4, -0.2) is 30.8 Å². The van der Waals surface area contributed by atoms with Crippen LogP contribution in [0.4, 0.5) is 5.69 Å². The summed E-state index contributed by atoms with van der Waals surface area (Å²) in [5, 5.41) is 5.34. The molecule has 0 atom stereocenters. The number of nitrogens with one attached hydrogen (secondary N) is 1. The molecule has 0 fully saturated rings. The van der Waals surface area contributed by atoms with Gasteiger partial charge in [-0.3, -0.25) is 4.79 Å². The van der Waals surface area contributed by atoms with Crippen LogP contribution in [0.3, 0.4) is 0 Å². The Balaban J connectivity index is 1.43. The van der Waals surface area contributed by atoms with Crippen molar-refractivity contribution in [3.63, 3.8) is 0 Å². The number of nitrogens with zero attached hydrogens (tertiary/aromatic N) is 1. The van der Waals surface area contributed by atoms with Gasteiger partial charge in [0.1, 0.15) is 5.52 Å². The van der Waals surface area contributed by atoms with Gasteiger partial charge in [0.25, 0.3) is 5.22 Å². The maximum absolute atomic E-state index is 12.3. The Morgan fingerprint density at radius 3 is 2.66 bits per heavy atom. The van der Waals surface area contributed by atoms with Crippen LogP contribution in [0.5, 0.6) is 0 Å². The molecule has 4 aromatic rings. The molecular weight excluding hydrogens is 408 g/mol. The predicted molar refractivity (Wildman–Crippen MR) is 115 cm³/mol. The topological polar surface area (TPSA) is 89.3 Å². The molecule has 8 heteroatoms. The van der Waals surface area contributed by atoms with Gasteiger partial charge in [-0.05, 0) is 41.1 Å². The Morgan fingerprint density at radius 2 is 1.86 bits per heavy atom. The summed E-state index contributed by atoms with van der Waals surface area (Å²) in [6.45, 7) is 1.60. The van der Waals surface area contributed by atoms with Gasteiger partial charge in [-0.2, -0.15) is 0 Å². The van der Waals surface area contributed by atoms with Gasteiger partial charge in [0.05, 0.1) is 16.4 Å². The lowest BCUT2D eigenvalue weighted by atomic mass is 10.1. The molecule has 4 rings (SSSR count). The minimum Gasteiger partial charge on any atom is -0.431 e. The van der Waals surface area contributed by atoms with E-state index in [1.165, 1.54) is 12.1 Å². The fraction of sp³-hybridized carbons (Fsp3) is 0.143. The van der Waals surface area contributed by atoms with E-state index in [-0.39, 0.29) is 22.3 Å². The smallest absolute Gasteiger partial charge is 0.257 e. The highest BCUT2D eigenvalue weighted by atomic mass is 32.2. The number of thioether (sulfide) groups is 1. The van der Waals surface area contributed by atoms with E-state index in [1.807, 2.05) is 42.5 Å². The summed E-state index contributed by atoms with van der Waals surface area (Å²) in [5.41, 5.74) is 1.66. The Labute approximate surface area is 172 Å². The fourth-order valence-corrected chi connectivity index (χ4v) is 4.44. The molecule has 0 saturated heterocycles. The summed E-state index contributed by atoms with van der Waals surface area (Å²) < 4.78 is 29.6. The summed E-state index contributed by atoms with van der Waals surface area (Å²) in [7, 11) is -3.31. The molecule has 148 valence electrons. The van der Waals surface area contributed by atoms with Crippen molar-refractivity contribution >= 4 is 55.1 Å². The molecule has 0 spiro atoms. The molecule has 1 aromatic heterocycles. The second-order valence-corrected chi connectivity index (χ2v) is 9.62. The van der Waals surface area contributed by atoms with Gasteiger partial charge < -0.3 is 9.73 Å². The number of benzene rings is 3. The van der Waals surface area contributed by atoms with Crippen LogP contribution >= 0.6 is 11.8 Å². The zero-order chi connectivity index (χ0) is 20.4. The van der Waals surface area contributed by atoms with E-state index in [0.29, 0.717) is 16.3 Å². The number of carbonyl (C=O) groups is 1. The number of sulfone groups is 1. The van der Waals surface area contributed by atoms with Crippen molar-refractivity contribution in [2.45, 2.75) is 17.0 Å². The van der Waals surface area contributed by atoms with E-state index in [2.05, 4.69) is 10.3 Å². The molecule has 0 radical (unpaired) electrons. The van der Waals surface area contributed by atoms with Crippen LogP contribution in [0.15, 0.2) is 75.2 Å². The monoisotopic (exact) mass is 426 g/mol. The van der Waals surface area contributed by atoms with Gasteiger partial charge in [-0.25, -0.2) is 13.4 Å². The standard InChI is InChI=1S/C21H18N2O4S2/c1-2-29(25,26)17-9-10-19-18(12-17)23-21(27-19)28-13-20(24)22-16-8-7-14-5-3-4-6-15(14)11-16/h3-12H,2,13H2,1H3,(H,22,24). The summed E-state index contributed by atoms with van der Waals surface area (Å²) >= 11 is 1.16. The van der Waals surface area contributed by atoms with E-state index >= 15 is 0 Å². The average molecular weight is 427 g/mol. The lowest BCUT2D eigenvalue weighted by molar-refractivity contribution is -0.113. The molecule has 0 aliphatic heterocycles. The van der Waals surface area contributed by atoms with Gasteiger partial charge in [-0.1, -0.05) is 49.0 Å². The minimum atomic E-state index is -3.31. The molecule has 0 saturated carbocycles. The second-order valence-electron chi connectivity index (χ2n) is 6.41. The highest BCUT2D eigenvalue weighted by Gasteiger charge is 2.15. The first-order valence-corrected chi connectivity index (χ1v) is 11.6. The Bertz CT molecular complexity index is 1310. The predicted octanol–water partition coefficient (Wildman–Crippen LogP) is 4.51. The van der Waals surface area contributed by atoms with Crippen LogP contribution in [-0.2, 0) is 14.6 Å². The lowest BCUT2D eigenvalue weighted by Crippen LogP contribution is -2.13. The summed E-state index contributed by atoms with van der Waals surface area (Å²) in [4.78, 5) is 16.8. The lowest BCUT2D eigenvalue weighted by Gasteiger charge is -2.05. The van der Waals surface area contributed by atoms with Crippen LogP contribution in [0, 0.1) is 0 Å². The first kappa shape index (κ1) is 19.5.